The van der Waals surface area contributed by atoms with Crippen LogP contribution < -0.4 is 5.73 Å². The molecule has 1 rings (SSSR count). The van der Waals surface area contributed by atoms with E-state index < -0.39 is 0 Å². The Kier molecular flexibility index (Phi) is 7.74. The molecule has 0 fully saturated rings. The van der Waals surface area contributed by atoms with Gasteiger partial charge < -0.3 is 5.73 Å². The average Bonchev–Trinajstić information content (AvgIpc) is 1.90. The maximum absolute atomic E-state index is 5.59. The first-order valence-electron chi connectivity index (χ1n) is 2.96. The highest BCUT2D eigenvalue weighted by Gasteiger charge is 1.94. The fraction of sp³-hybridized carbons (Fsp3) is 0.286. The van der Waals surface area contributed by atoms with Gasteiger partial charge in [-0.1, -0.05) is 0 Å². The van der Waals surface area contributed by atoms with Gasteiger partial charge in [0.05, 0.1) is 0 Å². The summed E-state index contributed by atoms with van der Waals surface area (Å²) in [5.41, 5.74) is 6.72. The van der Waals surface area contributed by atoms with Crippen LogP contribution in [0.1, 0.15) is 18.5 Å². The maximum atomic E-state index is 5.59. The van der Waals surface area contributed by atoms with Gasteiger partial charge >= 0.3 is 0 Å². The van der Waals surface area contributed by atoms with Crippen molar-refractivity contribution in [1.29, 1.82) is 0 Å². The average molecular weight is 195 g/mol. The van der Waals surface area contributed by atoms with Crippen molar-refractivity contribution in [3.05, 3.63) is 30.1 Å². The Hall–Kier alpha value is -0.310. The minimum absolute atomic E-state index is 0. The molecule has 64 valence electrons. The molecule has 4 heteroatoms. The molecule has 1 heterocycles. The lowest BCUT2D eigenvalue weighted by molar-refractivity contribution is 0.815. The third-order valence-electron chi connectivity index (χ3n) is 1.23. The van der Waals surface area contributed by atoms with Crippen LogP contribution in [0.5, 0.6) is 0 Å². The third kappa shape index (κ3) is 4.19. The predicted octanol–water partition coefficient (Wildman–Crippen LogP) is 1.94. The van der Waals surface area contributed by atoms with Gasteiger partial charge in [0.2, 0.25) is 0 Å². The second-order valence-corrected chi connectivity index (χ2v) is 2.07. The number of halogens is 2. The lowest BCUT2D eigenvalue weighted by Crippen LogP contribution is -2.04. The van der Waals surface area contributed by atoms with E-state index in [1.807, 2.05) is 19.1 Å². The number of aromatic nitrogens is 1. The Morgan fingerprint density at radius 3 is 2.00 bits per heavy atom. The summed E-state index contributed by atoms with van der Waals surface area (Å²) >= 11 is 0. The van der Waals surface area contributed by atoms with Crippen molar-refractivity contribution < 1.29 is 0 Å². The lowest BCUT2D eigenvalue weighted by atomic mass is 10.1. The predicted molar refractivity (Wildman–Crippen MR) is 51.3 cm³/mol. The van der Waals surface area contributed by atoms with Crippen molar-refractivity contribution in [2.45, 2.75) is 13.0 Å². The molecule has 1 aromatic rings. The monoisotopic (exact) mass is 194 g/mol. The van der Waals surface area contributed by atoms with Gasteiger partial charge in [-0.2, -0.15) is 0 Å². The molecule has 11 heavy (non-hydrogen) atoms. The molecule has 0 aliphatic carbocycles. The van der Waals surface area contributed by atoms with Gasteiger partial charge in [-0.3, -0.25) is 4.98 Å². The van der Waals surface area contributed by atoms with Gasteiger partial charge in [-0.15, -0.1) is 24.8 Å². The first kappa shape index (κ1) is 13.3. The summed E-state index contributed by atoms with van der Waals surface area (Å²) in [5, 5.41) is 0. The first-order chi connectivity index (χ1) is 4.30. The van der Waals surface area contributed by atoms with E-state index in [-0.39, 0.29) is 30.9 Å². The van der Waals surface area contributed by atoms with Crippen molar-refractivity contribution in [3.63, 3.8) is 0 Å². The topological polar surface area (TPSA) is 38.9 Å². The molecule has 0 saturated heterocycles. The summed E-state index contributed by atoms with van der Waals surface area (Å²) in [6.45, 7) is 1.95. The number of hydrogen-bond acceptors (Lipinski definition) is 2. The van der Waals surface area contributed by atoms with Crippen molar-refractivity contribution in [2.75, 3.05) is 0 Å². The summed E-state index contributed by atoms with van der Waals surface area (Å²) in [6, 6.07) is 3.96. The number of pyridine rings is 1. The van der Waals surface area contributed by atoms with Crippen molar-refractivity contribution in [2.24, 2.45) is 5.73 Å². The molecule has 0 aliphatic rings. The van der Waals surface area contributed by atoms with Crippen LogP contribution in [-0.2, 0) is 0 Å². The highest BCUT2D eigenvalue weighted by molar-refractivity contribution is 5.85. The molecule has 0 radical (unpaired) electrons. The highest BCUT2D eigenvalue weighted by atomic mass is 35.5. The Morgan fingerprint density at radius 1 is 1.27 bits per heavy atom. The van der Waals surface area contributed by atoms with Crippen LogP contribution in [0.2, 0.25) is 0 Å². The molecule has 0 spiro atoms. The minimum Gasteiger partial charge on any atom is -0.324 e. The molecule has 0 saturated carbocycles. The molecular weight excluding hydrogens is 183 g/mol. The zero-order chi connectivity index (χ0) is 6.69. The smallest absolute Gasteiger partial charge is 0.0271 e. The van der Waals surface area contributed by atoms with Gasteiger partial charge in [0, 0.05) is 18.4 Å². The molecule has 2 N–H and O–H groups in total. The summed E-state index contributed by atoms with van der Waals surface area (Å²) in [7, 11) is 0. The molecule has 0 aliphatic heterocycles. The van der Waals surface area contributed by atoms with E-state index in [9.17, 15) is 0 Å². The molecule has 1 atom stereocenters. The number of rotatable bonds is 1. The standard InChI is InChI=1S/C7H10N2.2ClH/c1-6(8)7-2-4-9-5-3-7;;/h2-6H,8H2,1H3;2*1H/t6-;;/m0../s1. The van der Waals surface area contributed by atoms with Crippen molar-refractivity contribution in [1.82, 2.24) is 4.98 Å². The van der Waals surface area contributed by atoms with E-state index in [2.05, 4.69) is 4.98 Å². The van der Waals surface area contributed by atoms with E-state index >= 15 is 0 Å². The van der Waals surface area contributed by atoms with E-state index in [1.165, 1.54) is 0 Å². The van der Waals surface area contributed by atoms with Gasteiger partial charge in [0.25, 0.3) is 0 Å². The highest BCUT2D eigenvalue weighted by Crippen LogP contribution is 2.05. The molecule has 0 amide bonds. The van der Waals surface area contributed by atoms with E-state index in [1.54, 1.807) is 12.4 Å². The Morgan fingerprint density at radius 2 is 1.73 bits per heavy atom. The van der Waals surface area contributed by atoms with Crippen LogP contribution in [0.3, 0.4) is 0 Å². The zero-order valence-electron chi connectivity index (χ0n) is 6.23. The van der Waals surface area contributed by atoms with Crippen LogP contribution in [0.25, 0.3) is 0 Å². The largest absolute Gasteiger partial charge is 0.324 e. The van der Waals surface area contributed by atoms with E-state index in [4.69, 9.17) is 5.73 Å². The van der Waals surface area contributed by atoms with Gasteiger partial charge in [0.1, 0.15) is 0 Å². The summed E-state index contributed by atoms with van der Waals surface area (Å²) < 4.78 is 0. The van der Waals surface area contributed by atoms with Crippen LogP contribution >= 0.6 is 24.8 Å². The summed E-state index contributed by atoms with van der Waals surface area (Å²) in [6.07, 6.45) is 3.50. The van der Waals surface area contributed by atoms with Crippen molar-refractivity contribution in [3.8, 4) is 0 Å². The fourth-order valence-corrected chi connectivity index (χ4v) is 0.667. The Bertz CT molecular complexity index is 177. The molecule has 0 unspecified atom stereocenters. The molecule has 1 aromatic heterocycles. The SMILES string of the molecule is C[C@H](N)c1ccncc1.Cl.Cl. The number of nitrogens with two attached hydrogens (primary N) is 1. The van der Waals surface area contributed by atoms with E-state index in [0.29, 0.717) is 0 Å². The van der Waals surface area contributed by atoms with Crippen LogP contribution in [0.4, 0.5) is 0 Å². The zero-order valence-corrected chi connectivity index (χ0v) is 7.86. The number of nitrogens with zero attached hydrogens (tertiary/aromatic N) is 1. The van der Waals surface area contributed by atoms with Crippen molar-refractivity contribution >= 4 is 24.8 Å². The summed E-state index contributed by atoms with van der Waals surface area (Å²) in [4.78, 5) is 3.87. The third-order valence-corrected chi connectivity index (χ3v) is 1.23. The fourth-order valence-electron chi connectivity index (χ4n) is 0.667. The maximum Gasteiger partial charge on any atom is 0.0271 e. The molecule has 0 bridgehead atoms. The second kappa shape index (κ2) is 6.40. The Balaban J connectivity index is 0. The number of hydrogen-bond donors (Lipinski definition) is 1. The van der Waals surface area contributed by atoms with E-state index in [0.717, 1.165) is 5.56 Å². The first-order valence-corrected chi connectivity index (χ1v) is 2.96. The summed E-state index contributed by atoms with van der Waals surface area (Å²) in [5.74, 6) is 0. The van der Waals surface area contributed by atoms with Gasteiger partial charge in [-0.25, -0.2) is 0 Å². The van der Waals surface area contributed by atoms with Crippen LogP contribution in [0, 0.1) is 0 Å². The Labute approximate surface area is 79.0 Å². The van der Waals surface area contributed by atoms with Crippen LogP contribution in [-0.4, -0.2) is 4.98 Å². The minimum atomic E-state index is 0. The van der Waals surface area contributed by atoms with Gasteiger partial charge in [-0.05, 0) is 24.6 Å². The molecular formula is C7H12Cl2N2. The second-order valence-electron chi connectivity index (χ2n) is 2.07. The normalized spacial score (nSPS) is 10.7. The quantitative estimate of drug-likeness (QED) is 0.743. The lowest BCUT2D eigenvalue weighted by Gasteiger charge is -2.01. The van der Waals surface area contributed by atoms with Crippen LogP contribution in [0.15, 0.2) is 24.5 Å². The molecule has 0 aromatic carbocycles. The van der Waals surface area contributed by atoms with Gasteiger partial charge in [0.15, 0.2) is 0 Å². The molecule has 2 nitrogen and oxygen atoms in total.